The van der Waals surface area contributed by atoms with Crippen LogP contribution in [0.15, 0.2) is 24.3 Å². The molecule has 7 heteroatoms. The average Bonchev–Trinajstić information content (AvgIpc) is 2.33. The van der Waals surface area contributed by atoms with Gasteiger partial charge in [0, 0.05) is 0 Å². The van der Waals surface area contributed by atoms with E-state index in [1.165, 1.54) is 24.3 Å². The molecule has 0 radical (unpaired) electrons. The third-order valence-electron chi connectivity index (χ3n) is 2.54. The van der Waals surface area contributed by atoms with Crippen LogP contribution in [0.4, 0.5) is 22.4 Å². The van der Waals surface area contributed by atoms with Crippen LogP contribution in [0.25, 0.3) is 0 Å². The summed E-state index contributed by atoms with van der Waals surface area (Å²) >= 11 is 0. The molecule has 0 heterocycles. The zero-order chi connectivity index (χ0) is 15.3. The Morgan fingerprint density at radius 3 is 2.25 bits per heavy atom. The van der Waals surface area contributed by atoms with Crippen molar-refractivity contribution in [2.75, 3.05) is 6.61 Å². The normalized spacial score (nSPS) is 13.2. The van der Waals surface area contributed by atoms with Crippen LogP contribution in [0.5, 0.6) is 0 Å². The van der Waals surface area contributed by atoms with Crippen LogP contribution in [0, 0.1) is 11.7 Å². The van der Waals surface area contributed by atoms with Crippen molar-refractivity contribution in [2.45, 2.75) is 26.1 Å². The van der Waals surface area contributed by atoms with Crippen LogP contribution in [-0.4, -0.2) is 18.9 Å². The summed E-state index contributed by atoms with van der Waals surface area (Å²) in [5.74, 6) is -0.533. The topological polar surface area (TPSA) is 38.3 Å². The van der Waals surface area contributed by atoms with Crippen molar-refractivity contribution >= 4 is 6.09 Å². The predicted molar refractivity (Wildman–Crippen MR) is 64.5 cm³/mol. The first-order valence-electron chi connectivity index (χ1n) is 5.94. The van der Waals surface area contributed by atoms with Gasteiger partial charge in [0.05, 0.1) is 6.04 Å². The molecule has 1 atom stereocenters. The Balaban J connectivity index is 2.68. The summed E-state index contributed by atoms with van der Waals surface area (Å²) in [5, 5.41) is 2.34. The zero-order valence-corrected chi connectivity index (χ0v) is 11.0. The van der Waals surface area contributed by atoms with Gasteiger partial charge in [0.2, 0.25) is 0 Å². The van der Waals surface area contributed by atoms with Crippen molar-refractivity contribution in [3.05, 3.63) is 35.6 Å². The first-order valence-corrected chi connectivity index (χ1v) is 5.94. The minimum absolute atomic E-state index is 0.0982. The van der Waals surface area contributed by atoms with E-state index in [4.69, 9.17) is 0 Å². The number of alkyl halides is 3. The van der Waals surface area contributed by atoms with Crippen LogP contribution in [0.2, 0.25) is 0 Å². The number of carbonyl (C=O) groups is 1. The maximum Gasteiger partial charge on any atom is 0.422 e. The molecule has 3 nitrogen and oxygen atoms in total. The Bertz CT molecular complexity index is 443. The maximum atomic E-state index is 12.8. The second-order valence-corrected chi connectivity index (χ2v) is 4.61. The fourth-order valence-electron chi connectivity index (χ4n) is 1.62. The van der Waals surface area contributed by atoms with Crippen molar-refractivity contribution in [1.29, 1.82) is 0 Å². The smallest absolute Gasteiger partial charge is 0.422 e. The lowest BCUT2D eigenvalue weighted by molar-refractivity contribution is -0.160. The van der Waals surface area contributed by atoms with Gasteiger partial charge in [-0.3, -0.25) is 0 Å². The number of rotatable bonds is 4. The van der Waals surface area contributed by atoms with Crippen LogP contribution in [0.1, 0.15) is 25.5 Å². The maximum absolute atomic E-state index is 12.8. The lowest BCUT2D eigenvalue weighted by atomic mass is 9.96. The molecule has 0 bridgehead atoms. The Morgan fingerprint density at radius 1 is 1.25 bits per heavy atom. The van der Waals surface area contributed by atoms with Crippen LogP contribution in [-0.2, 0) is 4.74 Å². The highest BCUT2D eigenvalue weighted by atomic mass is 19.4. The van der Waals surface area contributed by atoms with Gasteiger partial charge in [0.25, 0.3) is 0 Å². The number of alkyl carbamates (subject to hydrolysis) is 1. The molecular formula is C13H15F4NO2. The molecule has 20 heavy (non-hydrogen) atoms. The second kappa shape index (κ2) is 6.58. The molecule has 112 valence electrons. The molecule has 0 aliphatic rings. The number of halogens is 4. The van der Waals surface area contributed by atoms with Crippen LogP contribution in [0.3, 0.4) is 0 Å². The lowest BCUT2D eigenvalue weighted by Crippen LogP contribution is -2.34. The van der Waals surface area contributed by atoms with Gasteiger partial charge in [-0.25, -0.2) is 9.18 Å². The SMILES string of the molecule is CC(C)C(NC(=O)OCC(F)(F)F)c1ccc(F)cc1. The Morgan fingerprint density at radius 2 is 1.80 bits per heavy atom. The molecule has 0 saturated heterocycles. The van der Waals surface area contributed by atoms with Gasteiger partial charge in [-0.15, -0.1) is 0 Å². The molecule has 0 aliphatic heterocycles. The monoisotopic (exact) mass is 293 g/mol. The van der Waals surface area contributed by atoms with Crippen molar-refractivity contribution in [3.63, 3.8) is 0 Å². The van der Waals surface area contributed by atoms with E-state index in [1.54, 1.807) is 13.8 Å². The number of ether oxygens (including phenoxy) is 1. The lowest BCUT2D eigenvalue weighted by Gasteiger charge is -2.22. The summed E-state index contributed by atoms with van der Waals surface area (Å²) in [6.45, 7) is 1.91. The highest BCUT2D eigenvalue weighted by molar-refractivity contribution is 5.68. The van der Waals surface area contributed by atoms with E-state index in [0.29, 0.717) is 5.56 Å². The molecule has 0 aromatic heterocycles. The highest BCUT2D eigenvalue weighted by Gasteiger charge is 2.30. The number of nitrogens with one attached hydrogen (secondary N) is 1. The van der Waals surface area contributed by atoms with Gasteiger partial charge in [-0.1, -0.05) is 26.0 Å². The molecule has 1 rings (SSSR count). The molecule has 1 aromatic carbocycles. The summed E-state index contributed by atoms with van der Waals surface area (Å²) in [4.78, 5) is 11.3. The number of carbonyl (C=O) groups excluding carboxylic acids is 1. The predicted octanol–water partition coefficient (Wildman–Crippen LogP) is 3.81. The van der Waals surface area contributed by atoms with E-state index in [9.17, 15) is 22.4 Å². The van der Waals surface area contributed by atoms with E-state index in [2.05, 4.69) is 10.1 Å². The first kappa shape index (κ1) is 16.3. The molecule has 0 fully saturated rings. The number of hydrogen-bond acceptors (Lipinski definition) is 2. The van der Waals surface area contributed by atoms with Crippen LogP contribution < -0.4 is 5.32 Å². The van der Waals surface area contributed by atoms with Gasteiger partial charge in [0.15, 0.2) is 6.61 Å². The molecule has 0 saturated carbocycles. The van der Waals surface area contributed by atoms with Crippen molar-refractivity contribution in [3.8, 4) is 0 Å². The van der Waals surface area contributed by atoms with E-state index in [-0.39, 0.29) is 5.92 Å². The van der Waals surface area contributed by atoms with Gasteiger partial charge in [0.1, 0.15) is 5.82 Å². The largest absolute Gasteiger partial charge is 0.440 e. The number of amides is 1. The van der Waals surface area contributed by atoms with E-state index in [1.807, 2.05) is 0 Å². The molecule has 1 N–H and O–H groups in total. The summed E-state index contributed by atoms with van der Waals surface area (Å²) in [6, 6.07) is 4.80. The summed E-state index contributed by atoms with van der Waals surface area (Å²) in [5.41, 5.74) is 0.588. The van der Waals surface area contributed by atoms with E-state index < -0.39 is 30.7 Å². The molecule has 1 unspecified atom stereocenters. The number of benzene rings is 1. The Kier molecular flexibility index (Phi) is 5.35. The Hall–Kier alpha value is -1.79. The molecular weight excluding hydrogens is 278 g/mol. The van der Waals surface area contributed by atoms with Crippen molar-refractivity contribution < 1.29 is 27.1 Å². The molecule has 0 aliphatic carbocycles. The second-order valence-electron chi connectivity index (χ2n) is 4.61. The minimum atomic E-state index is -4.57. The quantitative estimate of drug-likeness (QED) is 0.857. The minimum Gasteiger partial charge on any atom is -0.440 e. The third-order valence-corrected chi connectivity index (χ3v) is 2.54. The van der Waals surface area contributed by atoms with Crippen LogP contribution >= 0.6 is 0 Å². The summed E-state index contributed by atoms with van der Waals surface area (Å²) < 4.78 is 52.7. The molecule has 1 aromatic rings. The first-order chi connectivity index (χ1) is 9.19. The van der Waals surface area contributed by atoms with Gasteiger partial charge < -0.3 is 10.1 Å². The average molecular weight is 293 g/mol. The fourth-order valence-corrected chi connectivity index (χ4v) is 1.62. The molecule has 0 spiro atoms. The Labute approximate surface area is 113 Å². The third kappa shape index (κ3) is 5.46. The standard InChI is InChI=1S/C13H15F4NO2/c1-8(2)11(9-3-5-10(14)6-4-9)18-12(19)20-7-13(15,16)17/h3-6,8,11H,7H2,1-2H3,(H,18,19). The summed E-state index contributed by atoms with van der Waals surface area (Å²) in [6.07, 6.45) is -5.73. The van der Waals surface area contributed by atoms with Gasteiger partial charge >= 0.3 is 12.3 Å². The molecule has 1 amide bonds. The zero-order valence-electron chi connectivity index (χ0n) is 11.0. The van der Waals surface area contributed by atoms with E-state index in [0.717, 1.165) is 0 Å². The highest BCUT2D eigenvalue weighted by Crippen LogP contribution is 2.22. The van der Waals surface area contributed by atoms with E-state index >= 15 is 0 Å². The van der Waals surface area contributed by atoms with Gasteiger partial charge in [-0.2, -0.15) is 13.2 Å². The summed E-state index contributed by atoms with van der Waals surface area (Å²) in [7, 11) is 0. The van der Waals surface area contributed by atoms with Gasteiger partial charge in [-0.05, 0) is 23.6 Å². The number of hydrogen-bond donors (Lipinski definition) is 1. The van der Waals surface area contributed by atoms with Crippen molar-refractivity contribution in [1.82, 2.24) is 5.32 Å². The fraction of sp³-hybridized carbons (Fsp3) is 0.462. The van der Waals surface area contributed by atoms with Crippen molar-refractivity contribution in [2.24, 2.45) is 5.92 Å².